The summed E-state index contributed by atoms with van der Waals surface area (Å²) < 4.78 is 6.57. The van der Waals surface area contributed by atoms with Crippen LogP contribution in [-0.2, 0) is 6.54 Å². The molecule has 6 nitrogen and oxygen atoms in total. The molecule has 0 saturated heterocycles. The van der Waals surface area contributed by atoms with E-state index in [2.05, 4.69) is 6.92 Å². The molecule has 0 radical (unpaired) electrons. The molecule has 0 aliphatic rings. The molecule has 28 heavy (non-hydrogen) atoms. The summed E-state index contributed by atoms with van der Waals surface area (Å²) in [6.07, 6.45) is 3.64. The van der Waals surface area contributed by atoms with Crippen LogP contribution in [0.2, 0.25) is 0 Å². The van der Waals surface area contributed by atoms with Crippen LogP contribution in [0.3, 0.4) is 0 Å². The number of pyridine rings is 1. The predicted molar refractivity (Wildman–Crippen MR) is 107 cm³/mol. The molecular formula is C22H26N2O4. The minimum Gasteiger partial charge on any atom is -0.494 e. The van der Waals surface area contributed by atoms with Gasteiger partial charge in [0.2, 0.25) is 5.88 Å². The summed E-state index contributed by atoms with van der Waals surface area (Å²) in [5, 5.41) is 20.2. The molecule has 0 aliphatic carbocycles. The van der Waals surface area contributed by atoms with Gasteiger partial charge in [0.1, 0.15) is 17.4 Å². The quantitative estimate of drug-likeness (QED) is 0.524. The third-order valence-corrected chi connectivity index (χ3v) is 4.67. The second-order valence-corrected chi connectivity index (χ2v) is 6.62. The maximum absolute atomic E-state index is 13.1. The lowest BCUT2D eigenvalue weighted by Crippen LogP contribution is -2.27. The summed E-state index contributed by atoms with van der Waals surface area (Å²) in [5.41, 5.74) is -0.169. The molecule has 6 heteroatoms. The number of rotatable bonds is 9. The van der Waals surface area contributed by atoms with E-state index in [4.69, 9.17) is 4.74 Å². The fourth-order valence-electron chi connectivity index (χ4n) is 3.16. The van der Waals surface area contributed by atoms with Crippen LogP contribution < -0.4 is 10.3 Å². The van der Waals surface area contributed by atoms with Gasteiger partial charge in [0.25, 0.3) is 5.56 Å². The zero-order valence-electron chi connectivity index (χ0n) is 16.6. The van der Waals surface area contributed by atoms with Crippen molar-refractivity contribution in [3.8, 4) is 17.7 Å². The van der Waals surface area contributed by atoms with E-state index in [1.165, 1.54) is 6.92 Å². The average molecular weight is 382 g/mol. The van der Waals surface area contributed by atoms with E-state index in [0.717, 1.165) is 23.8 Å². The Morgan fingerprint density at radius 1 is 1.25 bits per heavy atom. The molecule has 1 aromatic heterocycles. The second kappa shape index (κ2) is 9.75. The Morgan fingerprint density at radius 2 is 2.00 bits per heavy atom. The highest BCUT2D eigenvalue weighted by Gasteiger charge is 2.25. The summed E-state index contributed by atoms with van der Waals surface area (Å²) in [7, 11) is 0. The van der Waals surface area contributed by atoms with Gasteiger partial charge < -0.3 is 9.84 Å². The van der Waals surface area contributed by atoms with Gasteiger partial charge in [-0.05, 0) is 38.0 Å². The van der Waals surface area contributed by atoms with E-state index in [1.807, 2.05) is 13.0 Å². The molecule has 2 rings (SSSR count). The van der Waals surface area contributed by atoms with E-state index in [-0.39, 0.29) is 29.1 Å². The van der Waals surface area contributed by atoms with Crippen LogP contribution in [0.15, 0.2) is 29.1 Å². The molecule has 0 aliphatic heterocycles. The summed E-state index contributed by atoms with van der Waals surface area (Å²) in [5.74, 6) is -0.293. The first-order valence-corrected chi connectivity index (χ1v) is 9.60. The molecule has 0 bridgehead atoms. The van der Waals surface area contributed by atoms with Gasteiger partial charge in [-0.15, -0.1) is 0 Å². The van der Waals surface area contributed by atoms with E-state index >= 15 is 0 Å². The van der Waals surface area contributed by atoms with E-state index < -0.39 is 11.3 Å². The van der Waals surface area contributed by atoms with Crippen molar-refractivity contribution in [1.29, 1.82) is 5.26 Å². The number of carbonyl (C=O) groups is 1. The van der Waals surface area contributed by atoms with Gasteiger partial charge in [0, 0.05) is 12.1 Å². The van der Waals surface area contributed by atoms with Gasteiger partial charge >= 0.3 is 0 Å². The fraction of sp³-hybridized carbons (Fsp3) is 0.409. The molecule has 0 atom stereocenters. The summed E-state index contributed by atoms with van der Waals surface area (Å²) >= 11 is 0. The highest BCUT2D eigenvalue weighted by atomic mass is 16.5. The normalized spacial score (nSPS) is 10.5. The van der Waals surface area contributed by atoms with Crippen molar-refractivity contribution in [2.24, 2.45) is 0 Å². The van der Waals surface area contributed by atoms with Crippen LogP contribution in [-0.4, -0.2) is 22.1 Å². The van der Waals surface area contributed by atoms with Crippen molar-refractivity contribution in [1.82, 2.24) is 4.57 Å². The molecular weight excluding hydrogens is 356 g/mol. The number of nitrogens with zero attached hydrogens (tertiary/aromatic N) is 2. The average Bonchev–Trinajstić information content (AvgIpc) is 2.68. The Hall–Kier alpha value is -3.07. The number of hydrogen-bond acceptors (Lipinski definition) is 5. The number of unbranched alkanes of at least 4 members (excludes halogenated alkanes) is 3. The first-order chi connectivity index (χ1) is 13.5. The van der Waals surface area contributed by atoms with Crippen molar-refractivity contribution >= 4 is 5.78 Å². The number of carbonyl (C=O) groups excluding carboxylic acids is 1. The zero-order chi connectivity index (χ0) is 20.7. The summed E-state index contributed by atoms with van der Waals surface area (Å²) in [4.78, 5) is 25.7. The number of hydrogen-bond donors (Lipinski definition) is 1. The van der Waals surface area contributed by atoms with Crippen LogP contribution in [0, 0.1) is 18.3 Å². The van der Waals surface area contributed by atoms with Crippen molar-refractivity contribution in [2.75, 3.05) is 6.61 Å². The minimum atomic E-state index is -0.561. The number of ketones is 1. The SMILES string of the molecule is CCCCCCn1c(O)c(C(=O)c2cccc(OCC)c2)c(C)c(C#N)c1=O. The molecule has 0 amide bonds. The molecule has 0 saturated carbocycles. The number of benzene rings is 1. The number of ether oxygens (including phenoxy) is 1. The third-order valence-electron chi connectivity index (χ3n) is 4.67. The lowest BCUT2D eigenvalue weighted by atomic mass is 9.97. The van der Waals surface area contributed by atoms with Gasteiger partial charge in [0.15, 0.2) is 5.78 Å². The van der Waals surface area contributed by atoms with E-state index in [0.29, 0.717) is 24.3 Å². The van der Waals surface area contributed by atoms with Gasteiger partial charge in [-0.3, -0.25) is 14.2 Å². The molecule has 0 spiro atoms. The standard InChI is InChI=1S/C22H26N2O4/c1-4-6-7-8-12-24-21(26)18(14-23)15(3)19(22(24)27)20(25)16-10-9-11-17(13-16)28-5-2/h9-11,13,27H,4-8,12H2,1-3H3. The molecule has 0 unspecified atom stereocenters. The van der Waals surface area contributed by atoms with Crippen molar-refractivity contribution in [3.05, 3.63) is 56.9 Å². The van der Waals surface area contributed by atoms with Crippen molar-refractivity contribution < 1.29 is 14.6 Å². The maximum Gasteiger partial charge on any atom is 0.271 e. The van der Waals surface area contributed by atoms with Crippen LogP contribution in [0.1, 0.15) is 66.6 Å². The minimum absolute atomic E-state index is 0.0136. The molecule has 0 fully saturated rings. The second-order valence-electron chi connectivity index (χ2n) is 6.62. The Bertz CT molecular complexity index is 954. The zero-order valence-corrected chi connectivity index (χ0v) is 16.6. The lowest BCUT2D eigenvalue weighted by molar-refractivity contribution is 0.103. The molecule has 148 valence electrons. The lowest BCUT2D eigenvalue weighted by Gasteiger charge is -2.16. The summed E-state index contributed by atoms with van der Waals surface area (Å²) in [6, 6.07) is 8.53. The number of aromatic nitrogens is 1. The number of aromatic hydroxyl groups is 1. The predicted octanol–water partition coefficient (Wildman–Crippen LogP) is 3.94. The highest BCUT2D eigenvalue weighted by molar-refractivity contribution is 6.11. The Balaban J connectivity index is 2.53. The Morgan fingerprint density at radius 3 is 2.64 bits per heavy atom. The Labute approximate surface area is 165 Å². The van der Waals surface area contributed by atoms with Crippen LogP contribution in [0.25, 0.3) is 0 Å². The Kier molecular flexibility index (Phi) is 7.39. The van der Waals surface area contributed by atoms with Gasteiger partial charge in [-0.25, -0.2) is 0 Å². The topological polar surface area (TPSA) is 92.3 Å². The first-order valence-electron chi connectivity index (χ1n) is 9.60. The van der Waals surface area contributed by atoms with Crippen LogP contribution >= 0.6 is 0 Å². The van der Waals surface area contributed by atoms with Crippen LogP contribution in [0.4, 0.5) is 0 Å². The first kappa shape index (κ1) is 21.2. The summed E-state index contributed by atoms with van der Waals surface area (Å²) in [6.45, 7) is 6.16. The molecule has 1 aromatic carbocycles. The largest absolute Gasteiger partial charge is 0.494 e. The maximum atomic E-state index is 13.1. The number of nitriles is 1. The van der Waals surface area contributed by atoms with Crippen molar-refractivity contribution in [3.63, 3.8) is 0 Å². The molecule has 1 N–H and O–H groups in total. The molecule has 2 aromatic rings. The van der Waals surface area contributed by atoms with Gasteiger partial charge in [0.05, 0.1) is 12.2 Å². The monoisotopic (exact) mass is 382 g/mol. The highest BCUT2D eigenvalue weighted by Crippen LogP contribution is 2.26. The van der Waals surface area contributed by atoms with E-state index in [9.17, 15) is 20.0 Å². The van der Waals surface area contributed by atoms with Gasteiger partial charge in [-0.1, -0.05) is 38.3 Å². The van der Waals surface area contributed by atoms with Crippen molar-refractivity contribution in [2.45, 2.75) is 53.0 Å². The third kappa shape index (κ3) is 4.42. The van der Waals surface area contributed by atoms with Crippen LogP contribution in [0.5, 0.6) is 11.6 Å². The fourth-order valence-corrected chi connectivity index (χ4v) is 3.16. The van der Waals surface area contributed by atoms with E-state index in [1.54, 1.807) is 24.3 Å². The smallest absolute Gasteiger partial charge is 0.271 e. The molecule has 1 heterocycles. The van der Waals surface area contributed by atoms with Gasteiger partial charge in [-0.2, -0.15) is 5.26 Å².